The summed E-state index contributed by atoms with van der Waals surface area (Å²) in [6.07, 6.45) is 0. The molecule has 0 fully saturated rings. The van der Waals surface area contributed by atoms with Gasteiger partial charge in [0.15, 0.2) is 6.61 Å². The molecule has 4 rings (SSSR count). The maximum atomic E-state index is 12.9. The second-order valence-electron chi connectivity index (χ2n) is 6.15. The third kappa shape index (κ3) is 4.50. The molecule has 9 heteroatoms. The van der Waals surface area contributed by atoms with E-state index in [0.717, 1.165) is 9.79 Å². The van der Waals surface area contributed by atoms with Crippen molar-refractivity contribution in [2.45, 2.75) is 14.7 Å². The zero-order chi connectivity index (χ0) is 20.4. The molecule has 0 saturated carbocycles. The summed E-state index contributed by atoms with van der Waals surface area (Å²) in [6, 6.07) is 18.7. The van der Waals surface area contributed by atoms with E-state index in [1.807, 2.05) is 24.3 Å². The van der Waals surface area contributed by atoms with Gasteiger partial charge in [0.25, 0.3) is 15.9 Å². The van der Waals surface area contributed by atoms with Gasteiger partial charge in [-0.25, -0.2) is 8.42 Å². The standard InChI is InChI=1S/C20H15ClN2O4S2/c21-13-5-7-14(8-6-13)28-19-4-2-1-3-16(19)23-29(25,26)15-9-10-18-17(11-15)22-20(24)12-27-18/h1-11,23H,12H2,(H,22,24). The minimum absolute atomic E-state index is 0.0216. The summed E-state index contributed by atoms with van der Waals surface area (Å²) in [5, 5.41) is 3.25. The van der Waals surface area contributed by atoms with Gasteiger partial charge in [-0.15, -0.1) is 0 Å². The maximum absolute atomic E-state index is 12.9. The van der Waals surface area contributed by atoms with Crippen molar-refractivity contribution in [1.29, 1.82) is 0 Å². The lowest BCUT2D eigenvalue weighted by atomic mass is 10.2. The molecular formula is C20H15ClN2O4S2. The van der Waals surface area contributed by atoms with E-state index < -0.39 is 10.0 Å². The lowest BCUT2D eigenvalue weighted by molar-refractivity contribution is -0.118. The Bertz CT molecular complexity index is 1180. The SMILES string of the molecule is O=C1COc2ccc(S(=O)(=O)Nc3ccccc3Sc3ccc(Cl)cc3)cc2N1. The number of benzene rings is 3. The predicted octanol–water partition coefficient (Wildman–Crippen LogP) is 4.62. The van der Waals surface area contributed by atoms with Crippen molar-refractivity contribution >= 4 is 50.7 Å². The molecule has 29 heavy (non-hydrogen) atoms. The topological polar surface area (TPSA) is 84.5 Å². The highest BCUT2D eigenvalue weighted by atomic mass is 35.5. The Hall–Kier alpha value is -2.68. The summed E-state index contributed by atoms with van der Waals surface area (Å²) in [4.78, 5) is 13.2. The monoisotopic (exact) mass is 446 g/mol. The normalized spacial score (nSPS) is 13.2. The van der Waals surface area contributed by atoms with Crippen molar-refractivity contribution in [2.24, 2.45) is 0 Å². The van der Waals surface area contributed by atoms with Crippen LogP contribution < -0.4 is 14.8 Å². The Labute approximate surface area is 177 Å². The van der Waals surface area contributed by atoms with Crippen LogP contribution in [0.3, 0.4) is 0 Å². The third-order valence-corrected chi connectivity index (χ3v) is 6.77. The Balaban J connectivity index is 1.61. The van der Waals surface area contributed by atoms with E-state index >= 15 is 0 Å². The van der Waals surface area contributed by atoms with E-state index in [-0.39, 0.29) is 17.4 Å². The zero-order valence-corrected chi connectivity index (χ0v) is 17.3. The Kier molecular flexibility index (Phi) is 5.40. The van der Waals surface area contributed by atoms with Gasteiger partial charge in [0.05, 0.1) is 16.3 Å². The number of nitrogens with one attached hydrogen (secondary N) is 2. The predicted molar refractivity (Wildman–Crippen MR) is 113 cm³/mol. The van der Waals surface area contributed by atoms with Gasteiger partial charge in [0.1, 0.15) is 5.75 Å². The lowest BCUT2D eigenvalue weighted by Crippen LogP contribution is -2.25. The Morgan fingerprint density at radius 1 is 1.03 bits per heavy atom. The number of amides is 1. The fraction of sp³-hybridized carbons (Fsp3) is 0.0500. The van der Waals surface area contributed by atoms with Crippen molar-refractivity contribution in [1.82, 2.24) is 0 Å². The lowest BCUT2D eigenvalue weighted by Gasteiger charge is -2.19. The number of carbonyl (C=O) groups excluding carboxylic acids is 1. The number of hydrogen-bond acceptors (Lipinski definition) is 5. The van der Waals surface area contributed by atoms with E-state index in [4.69, 9.17) is 16.3 Å². The molecule has 0 saturated heterocycles. The van der Waals surface area contributed by atoms with Crippen LogP contribution >= 0.6 is 23.4 Å². The minimum Gasteiger partial charge on any atom is -0.482 e. The van der Waals surface area contributed by atoms with Crippen LogP contribution in [-0.2, 0) is 14.8 Å². The molecule has 0 radical (unpaired) electrons. The summed E-state index contributed by atoms with van der Waals surface area (Å²) in [7, 11) is -3.88. The number of halogens is 1. The average molecular weight is 447 g/mol. The molecule has 148 valence electrons. The van der Waals surface area contributed by atoms with Gasteiger partial charge >= 0.3 is 0 Å². The first-order chi connectivity index (χ1) is 13.9. The molecule has 1 aliphatic heterocycles. The molecule has 2 N–H and O–H groups in total. The Morgan fingerprint density at radius 3 is 2.59 bits per heavy atom. The smallest absolute Gasteiger partial charge is 0.262 e. The summed E-state index contributed by atoms with van der Waals surface area (Å²) >= 11 is 7.34. The van der Waals surface area contributed by atoms with Gasteiger partial charge in [-0.1, -0.05) is 35.5 Å². The average Bonchev–Trinajstić information content (AvgIpc) is 2.70. The molecule has 3 aromatic rings. The molecule has 0 atom stereocenters. The van der Waals surface area contributed by atoms with Gasteiger partial charge in [-0.05, 0) is 54.6 Å². The molecule has 1 aliphatic rings. The third-order valence-electron chi connectivity index (χ3n) is 4.07. The fourth-order valence-corrected chi connectivity index (χ4v) is 4.90. The van der Waals surface area contributed by atoms with Crippen LogP contribution in [0.15, 0.2) is 81.4 Å². The van der Waals surface area contributed by atoms with Crippen molar-refractivity contribution in [3.63, 3.8) is 0 Å². The molecule has 1 heterocycles. The first-order valence-corrected chi connectivity index (χ1v) is 11.2. The molecule has 0 aromatic heterocycles. The van der Waals surface area contributed by atoms with Gasteiger partial charge < -0.3 is 10.1 Å². The summed E-state index contributed by atoms with van der Waals surface area (Å²) in [5.41, 5.74) is 0.776. The maximum Gasteiger partial charge on any atom is 0.262 e. The van der Waals surface area contributed by atoms with Crippen LogP contribution in [0.25, 0.3) is 0 Å². The Morgan fingerprint density at radius 2 is 1.79 bits per heavy atom. The van der Waals surface area contributed by atoms with Crippen molar-refractivity contribution in [3.8, 4) is 5.75 Å². The number of para-hydroxylation sites is 1. The number of sulfonamides is 1. The van der Waals surface area contributed by atoms with E-state index in [9.17, 15) is 13.2 Å². The molecule has 1 amide bonds. The number of hydrogen-bond donors (Lipinski definition) is 2. The van der Waals surface area contributed by atoms with Gasteiger partial charge in [0.2, 0.25) is 0 Å². The minimum atomic E-state index is -3.88. The van der Waals surface area contributed by atoms with Crippen LogP contribution in [0.1, 0.15) is 0 Å². The number of ether oxygens (including phenoxy) is 1. The number of anilines is 2. The second kappa shape index (κ2) is 7.98. The molecule has 0 spiro atoms. The first kappa shape index (κ1) is 19.6. The van der Waals surface area contributed by atoms with Crippen molar-refractivity contribution < 1.29 is 17.9 Å². The second-order valence-corrected chi connectivity index (χ2v) is 9.39. The van der Waals surface area contributed by atoms with Gasteiger partial charge in [0, 0.05) is 14.8 Å². The molecule has 0 unspecified atom stereocenters. The highest BCUT2D eigenvalue weighted by Gasteiger charge is 2.22. The van der Waals surface area contributed by atoms with Crippen molar-refractivity contribution in [3.05, 3.63) is 71.8 Å². The highest BCUT2D eigenvalue weighted by molar-refractivity contribution is 7.99. The quantitative estimate of drug-likeness (QED) is 0.597. The number of rotatable bonds is 5. The van der Waals surface area contributed by atoms with Crippen molar-refractivity contribution in [2.75, 3.05) is 16.6 Å². The van der Waals surface area contributed by atoms with Crippen LogP contribution in [0.5, 0.6) is 5.75 Å². The summed E-state index contributed by atoms with van der Waals surface area (Å²) < 4.78 is 33.8. The number of carbonyl (C=O) groups is 1. The van der Waals surface area contributed by atoms with E-state index in [1.54, 1.807) is 24.3 Å². The van der Waals surface area contributed by atoms with Gasteiger partial charge in [-0.3, -0.25) is 9.52 Å². The van der Waals surface area contributed by atoms with Crippen LogP contribution in [0, 0.1) is 0 Å². The van der Waals surface area contributed by atoms with Gasteiger partial charge in [-0.2, -0.15) is 0 Å². The van der Waals surface area contributed by atoms with E-state index in [2.05, 4.69) is 10.0 Å². The van der Waals surface area contributed by atoms with Crippen LogP contribution in [0.4, 0.5) is 11.4 Å². The van der Waals surface area contributed by atoms with E-state index in [1.165, 1.54) is 30.0 Å². The molecule has 0 bridgehead atoms. The summed E-state index contributed by atoms with van der Waals surface area (Å²) in [5.74, 6) is 0.104. The van der Waals surface area contributed by atoms with Crippen LogP contribution in [-0.4, -0.2) is 20.9 Å². The largest absolute Gasteiger partial charge is 0.482 e. The zero-order valence-electron chi connectivity index (χ0n) is 14.9. The molecule has 0 aliphatic carbocycles. The molecule has 3 aromatic carbocycles. The first-order valence-electron chi connectivity index (χ1n) is 8.53. The summed E-state index contributed by atoms with van der Waals surface area (Å²) in [6.45, 7) is -0.0906. The number of fused-ring (bicyclic) bond motifs is 1. The molecular weight excluding hydrogens is 432 g/mol. The highest BCUT2D eigenvalue weighted by Crippen LogP contribution is 2.36. The fourth-order valence-electron chi connectivity index (χ4n) is 2.70. The van der Waals surface area contributed by atoms with Crippen LogP contribution in [0.2, 0.25) is 5.02 Å². The molecule has 6 nitrogen and oxygen atoms in total. The van der Waals surface area contributed by atoms with E-state index in [0.29, 0.717) is 22.1 Å².